The molecule has 0 saturated heterocycles. The van der Waals surface area contributed by atoms with E-state index in [1.54, 1.807) is 0 Å². The van der Waals surface area contributed by atoms with E-state index in [9.17, 15) is 4.79 Å². The average Bonchev–Trinajstić information content (AvgIpc) is 2.84. The SMILES string of the molecule is Cc1c(C#N)ccc2c1[nH]c(=O)n2C1CCC(C(C)(C)C)CC1. The number of imidazole rings is 1. The number of aromatic nitrogens is 2. The first-order valence-electron chi connectivity index (χ1n) is 8.47. The Morgan fingerprint density at radius 3 is 2.43 bits per heavy atom. The van der Waals surface area contributed by atoms with Gasteiger partial charge in [0, 0.05) is 6.04 Å². The molecule has 1 saturated carbocycles. The minimum atomic E-state index is -0.0441. The van der Waals surface area contributed by atoms with Gasteiger partial charge in [0.1, 0.15) is 0 Å². The van der Waals surface area contributed by atoms with Crippen LogP contribution in [0.2, 0.25) is 0 Å². The molecular formula is C19H25N3O. The predicted molar refractivity (Wildman–Crippen MR) is 92.5 cm³/mol. The first kappa shape index (κ1) is 15.9. The summed E-state index contributed by atoms with van der Waals surface area (Å²) >= 11 is 0. The highest BCUT2D eigenvalue weighted by molar-refractivity contribution is 5.81. The van der Waals surface area contributed by atoms with E-state index in [0.29, 0.717) is 11.0 Å². The molecule has 1 aromatic heterocycles. The van der Waals surface area contributed by atoms with E-state index in [0.717, 1.165) is 35.4 Å². The molecule has 0 aliphatic heterocycles. The van der Waals surface area contributed by atoms with Crippen molar-refractivity contribution in [3.63, 3.8) is 0 Å². The summed E-state index contributed by atoms with van der Waals surface area (Å²) < 4.78 is 1.92. The Morgan fingerprint density at radius 1 is 1.22 bits per heavy atom. The molecule has 1 aliphatic carbocycles. The van der Waals surface area contributed by atoms with Gasteiger partial charge in [-0.1, -0.05) is 20.8 Å². The summed E-state index contributed by atoms with van der Waals surface area (Å²) in [6.07, 6.45) is 4.44. The first-order chi connectivity index (χ1) is 10.8. The van der Waals surface area contributed by atoms with Crippen LogP contribution in [0.4, 0.5) is 0 Å². The number of hydrogen-bond acceptors (Lipinski definition) is 2. The number of hydrogen-bond donors (Lipinski definition) is 1. The van der Waals surface area contributed by atoms with Crippen molar-refractivity contribution in [1.29, 1.82) is 5.26 Å². The number of H-pyrrole nitrogens is 1. The normalized spacial score (nSPS) is 22.2. The lowest BCUT2D eigenvalue weighted by Crippen LogP contribution is -2.30. The second-order valence-corrected chi connectivity index (χ2v) is 7.92. The van der Waals surface area contributed by atoms with Crippen LogP contribution in [0.3, 0.4) is 0 Å². The minimum absolute atomic E-state index is 0.0441. The van der Waals surface area contributed by atoms with Gasteiger partial charge >= 0.3 is 5.69 Å². The lowest BCUT2D eigenvalue weighted by atomic mass is 9.71. The third-order valence-electron chi connectivity index (χ3n) is 5.56. The molecule has 0 radical (unpaired) electrons. The fourth-order valence-electron chi connectivity index (χ4n) is 4.02. The molecule has 4 nitrogen and oxygen atoms in total. The van der Waals surface area contributed by atoms with E-state index in [2.05, 4.69) is 31.8 Å². The van der Waals surface area contributed by atoms with Crippen LogP contribution in [-0.2, 0) is 0 Å². The average molecular weight is 311 g/mol. The van der Waals surface area contributed by atoms with E-state index in [-0.39, 0.29) is 11.7 Å². The van der Waals surface area contributed by atoms with Gasteiger partial charge in [-0.25, -0.2) is 4.79 Å². The molecule has 2 aromatic rings. The quantitative estimate of drug-likeness (QED) is 0.854. The summed E-state index contributed by atoms with van der Waals surface area (Å²) in [5.41, 5.74) is 3.54. The maximum atomic E-state index is 12.5. The van der Waals surface area contributed by atoms with Crippen LogP contribution in [0.15, 0.2) is 16.9 Å². The molecule has 0 bridgehead atoms. The van der Waals surface area contributed by atoms with Gasteiger partial charge in [0.05, 0.1) is 22.7 Å². The van der Waals surface area contributed by atoms with Crippen molar-refractivity contribution >= 4 is 11.0 Å². The van der Waals surface area contributed by atoms with Crippen molar-refractivity contribution in [3.8, 4) is 6.07 Å². The molecule has 0 spiro atoms. The van der Waals surface area contributed by atoms with Crippen molar-refractivity contribution < 1.29 is 0 Å². The van der Waals surface area contributed by atoms with Gasteiger partial charge in [0.15, 0.2) is 0 Å². The molecule has 1 aromatic carbocycles. The Kier molecular flexibility index (Phi) is 3.83. The van der Waals surface area contributed by atoms with E-state index < -0.39 is 0 Å². The summed E-state index contributed by atoms with van der Waals surface area (Å²) in [4.78, 5) is 15.5. The predicted octanol–water partition coefficient (Wildman–Crippen LogP) is 4.29. The molecule has 4 heteroatoms. The monoisotopic (exact) mass is 311 g/mol. The van der Waals surface area contributed by atoms with Gasteiger partial charge in [-0.3, -0.25) is 4.57 Å². The Labute approximate surface area is 137 Å². The molecule has 0 amide bonds. The van der Waals surface area contributed by atoms with Crippen LogP contribution >= 0.6 is 0 Å². The number of aryl methyl sites for hydroxylation is 1. The Bertz CT molecular complexity index is 821. The number of benzene rings is 1. The Morgan fingerprint density at radius 2 is 1.87 bits per heavy atom. The molecule has 1 heterocycles. The Balaban J connectivity index is 1.96. The second-order valence-electron chi connectivity index (χ2n) is 7.92. The topological polar surface area (TPSA) is 61.6 Å². The highest BCUT2D eigenvalue weighted by Crippen LogP contribution is 2.41. The summed E-state index contributed by atoms with van der Waals surface area (Å²) in [6.45, 7) is 8.82. The van der Waals surface area contributed by atoms with Crippen LogP contribution < -0.4 is 5.69 Å². The van der Waals surface area contributed by atoms with Gasteiger partial charge in [-0.15, -0.1) is 0 Å². The van der Waals surface area contributed by atoms with Gasteiger partial charge in [-0.2, -0.15) is 5.26 Å². The summed E-state index contributed by atoms with van der Waals surface area (Å²) in [6, 6.07) is 6.19. The van der Waals surface area contributed by atoms with E-state index >= 15 is 0 Å². The van der Waals surface area contributed by atoms with Crippen LogP contribution in [-0.4, -0.2) is 9.55 Å². The van der Waals surface area contributed by atoms with Gasteiger partial charge < -0.3 is 4.98 Å². The minimum Gasteiger partial charge on any atom is -0.305 e. The molecule has 1 fully saturated rings. The summed E-state index contributed by atoms with van der Waals surface area (Å²) in [5.74, 6) is 0.728. The molecule has 23 heavy (non-hydrogen) atoms. The van der Waals surface area contributed by atoms with Crippen molar-refractivity contribution in [2.24, 2.45) is 11.3 Å². The zero-order valence-electron chi connectivity index (χ0n) is 14.4. The number of nitrogens with one attached hydrogen (secondary N) is 1. The molecule has 3 rings (SSSR count). The summed E-state index contributed by atoms with van der Waals surface area (Å²) in [7, 11) is 0. The molecular weight excluding hydrogens is 286 g/mol. The maximum Gasteiger partial charge on any atom is 0.326 e. The number of rotatable bonds is 1. The number of nitrogens with zero attached hydrogens (tertiary/aromatic N) is 2. The smallest absolute Gasteiger partial charge is 0.305 e. The van der Waals surface area contributed by atoms with Crippen LogP contribution in [0.5, 0.6) is 0 Å². The largest absolute Gasteiger partial charge is 0.326 e. The van der Waals surface area contributed by atoms with Crippen LogP contribution in [0.1, 0.15) is 63.6 Å². The molecule has 0 unspecified atom stereocenters. The molecule has 0 atom stereocenters. The van der Waals surface area contributed by atoms with Crippen molar-refractivity contribution in [2.45, 2.75) is 59.4 Å². The third kappa shape index (κ3) is 2.69. The van der Waals surface area contributed by atoms with Crippen molar-refractivity contribution in [3.05, 3.63) is 33.7 Å². The maximum absolute atomic E-state index is 12.5. The lowest BCUT2D eigenvalue weighted by Gasteiger charge is -2.37. The second kappa shape index (κ2) is 5.56. The molecule has 1 aliphatic rings. The lowest BCUT2D eigenvalue weighted by molar-refractivity contribution is 0.152. The first-order valence-corrected chi connectivity index (χ1v) is 8.47. The number of aromatic amines is 1. The van der Waals surface area contributed by atoms with E-state index in [1.165, 1.54) is 12.8 Å². The van der Waals surface area contributed by atoms with Gasteiger partial charge in [0.25, 0.3) is 0 Å². The van der Waals surface area contributed by atoms with Gasteiger partial charge in [0.2, 0.25) is 0 Å². The highest BCUT2D eigenvalue weighted by atomic mass is 16.1. The van der Waals surface area contributed by atoms with E-state index in [1.807, 2.05) is 23.6 Å². The fraction of sp³-hybridized carbons (Fsp3) is 0.579. The van der Waals surface area contributed by atoms with Crippen molar-refractivity contribution in [2.75, 3.05) is 0 Å². The van der Waals surface area contributed by atoms with Crippen LogP contribution in [0, 0.1) is 29.6 Å². The molecule has 1 N–H and O–H groups in total. The standard InChI is InChI=1S/C19H25N3O/c1-12-13(11-20)5-10-16-17(12)21-18(23)22(16)15-8-6-14(7-9-15)19(2,3)4/h5,10,14-15H,6-9H2,1-4H3,(H,21,23). The van der Waals surface area contributed by atoms with Gasteiger partial charge in [-0.05, 0) is 61.6 Å². The van der Waals surface area contributed by atoms with Crippen molar-refractivity contribution in [1.82, 2.24) is 9.55 Å². The van der Waals surface area contributed by atoms with Crippen LogP contribution in [0.25, 0.3) is 11.0 Å². The number of nitriles is 1. The Hall–Kier alpha value is -2.02. The summed E-state index contributed by atoms with van der Waals surface area (Å²) in [5, 5.41) is 9.16. The molecule has 122 valence electrons. The zero-order valence-corrected chi connectivity index (χ0v) is 14.4. The third-order valence-corrected chi connectivity index (χ3v) is 5.56. The zero-order chi connectivity index (χ0) is 16.8. The number of fused-ring (bicyclic) bond motifs is 1. The highest BCUT2D eigenvalue weighted by Gasteiger charge is 2.31. The fourth-order valence-corrected chi connectivity index (χ4v) is 4.02. The van der Waals surface area contributed by atoms with E-state index in [4.69, 9.17) is 5.26 Å².